The molecule has 0 spiro atoms. The summed E-state index contributed by atoms with van der Waals surface area (Å²) >= 11 is 0. The molecule has 0 unspecified atom stereocenters. The smallest absolute Gasteiger partial charge is 0.340 e. The molecule has 0 aliphatic carbocycles. The molecule has 1 aliphatic rings. The van der Waals surface area contributed by atoms with Crippen LogP contribution < -0.4 is 0 Å². The number of pyridine rings is 1. The summed E-state index contributed by atoms with van der Waals surface area (Å²) in [6.07, 6.45) is 1.36. The number of benzene rings is 1. The number of esters is 1. The molecule has 2 aromatic rings. The third kappa shape index (κ3) is 2.41. The normalized spacial score (nSPS) is 13.2. The van der Waals surface area contributed by atoms with Gasteiger partial charge in [-0.05, 0) is 24.3 Å². The van der Waals surface area contributed by atoms with Crippen LogP contribution in [0.1, 0.15) is 36.8 Å². The number of hydrogen-bond donors (Lipinski definition) is 0. The lowest BCUT2D eigenvalue weighted by Gasteiger charge is -2.14. The highest BCUT2D eigenvalue weighted by atomic mass is 19.1. The van der Waals surface area contributed by atoms with E-state index in [1.54, 1.807) is 0 Å². The summed E-state index contributed by atoms with van der Waals surface area (Å²) in [7, 11) is 1.04. The molecule has 2 amide bonds. The Morgan fingerprint density at radius 1 is 1.21 bits per heavy atom. The van der Waals surface area contributed by atoms with Gasteiger partial charge in [-0.1, -0.05) is 0 Å². The number of methoxy groups -OCH3 is 1. The summed E-state index contributed by atoms with van der Waals surface area (Å²) in [5.41, 5.74) is -0.735. The van der Waals surface area contributed by atoms with E-state index in [0.717, 1.165) is 18.1 Å². The minimum Gasteiger partial charge on any atom is -0.465 e. The topological polar surface area (TPSA) is 76.6 Å². The molecule has 0 saturated carbocycles. The molecule has 1 aromatic heterocycles. The van der Waals surface area contributed by atoms with E-state index in [-0.39, 0.29) is 16.8 Å². The minimum atomic E-state index is -1.03. The van der Waals surface area contributed by atoms with Gasteiger partial charge >= 0.3 is 5.97 Å². The van der Waals surface area contributed by atoms with Crippen molar-refractivity contribution in [3.63, 3.8) is 0 Å². The minimum absolute atomic E-state index is 0.0328. The second-order valence-electron chi connectivity index (χ2n) is 5.01. The van der Waals surface area contributed by atoms with Gasteiger partial charge in [-0.3, -0.25) is 19.5 Å². The van der Waals surface area contributed by atoms with Crippen LogP contribution in [0.5, 0.6) is 0 Å². The number of aromatic nitrogens is 1. The van der Waals surface area contributed by atoms with Gasteiger partial charge in [0.05, 0.1) is 24.8 Å². The highest BCUT2D eigenvalue weighted by Gasteiger charge is 2.37. The fourth-order valence-electron chi connectivity index (χ4n) is 2.40. The monoisotopic (exact) mass is 332 g/mol. The lowest BCUT2D eigenvalue weighted by molar-refractivity contribution is 0.0589. The van der Waals surface area contributed by atoms with Crippen molar-refractivity contribution in [1.82, 2.24) is 9.88 Å². The maximum atomic E-state index is 14.1. The molecule has 0 bridgehead atoms. The largest absolute Gasteiger partial charge is 0.465 e. The molecule has 2 heterocycles. The van der Waals surface area contributed by atoms with E-state index in [2.05, 4.69) is 9.72 Å². The van der Waals surface area contributed by atoms with Gasteiger partial charge in [-0.15, -0.1) is 0 Å². The lowest BCUT2D eigenvalue weighted by Crippen LogP contribution is -2.29. The Kier molecular flexibility index (Phi) is 3.80. The quantitative estimate of drug-likeness (QED) is 0.634. The van der Waals surface area contributed by atoms with E-state index in [9.17, 15) is 23.2 Å². The SMILES string of the molecule is COC(=O)c1cc(F)c(CN2C(=O)c3cccnc3C2=O)cc1F. The lowest BCUT2D eigenvalue weighted by atomic mass is 10.1. The highest BCUT2D eigenvalue weighted by molar-refractivity contribution is 6.20. The summed E-state index contributed by atoms with van der Waals surface area (Å²) in [6.45, 7) is -0.474. The molecule has 24 heavy (non-hydrogen) atoms. The fourth-order valence-corrected chi connectivity index (χ4v) is 2.40. The third-order valence-corrected chi connectivity index (χ3v) is 3.60. The Bertz CT molecular complexity index is 847. The van der Waals surface area contributed by atoms with E-state index in [1.807, 2.05) is 0 Å². The molecule has 0 atom stereocenters. The summed E-state index contributed by atoms with van der Waals surface area (Å²) in [4.78, 5) is 40.3. The van der Waals surface area contributed by atoms with Crippen molar-refractivity contribution in [1.29, 1.82) is 0 Å². The molecule has 1 aliphatic heterocycles. The molecule has 6 nitrogen and oxygen atoms in total. The second kappa shape index (κ2) is 5.80. The Labute approximate surface area is 134 Å². The maximum absolute atomic E-state index is 14.1. The average molecular weight is 332 g/mol. The maximum Gasteiger partial charge on any atom is 0.340 e. The van der Waals surface area contributed by atoms with Crippen LogP contribution in [0.3, 0.4) is 0 Å². The van der Waals surface area contributed by atoms with Gasteiger partial charge in [0.25, 0.3) is 11.8 Å². The molecule has 1 aromatic carbocycles. The number of fused-ring (bicyclic) bond motifs is 1. The van der Waals surface area contributed by atoms with Crippen LogP contribution in [0.4, 0.5) is 8.78 Å². The van der Waals surface area contributed by atoms with Gasteiger partial charge in [0.1, 0.15) is 17.3 Å². The Morgan fingerprint density at radius 2 is 1.96 bits per heavy atom. The standard InChI is InChI=1S/C16H10F2N2O4/c1-24-16(23)10-6-11(17)8(5-12(10)18)7-20-14(21)9-3-2-4-19-13(9)15(20)22/h2-6H,7H2,1H3. The Morgan fingerprint density at radius 3 is 2.62 bits per heavy atom. The van der Waals surface area contributed by atoms with E-state index in [4.69, 9.17) is 0 Å². The van der Waals surface area contributed by atoms with Crippen molar-refractivity contribution in [2.45, 2.75) is 6.54 Å². The molecule has 0 fully saturated rings. The van der Waals surface area contributed by atoms with Gasteiger partial charge in [0.2, 0.25) is 0 Å². The zero-order valence-electron chi connectivity index (χ0n) is 12.4. The number of hydrogen-bond acceptors (Lipinski definition) is 5. The van der Waals surface area contributed by atoms with Crippen LogP contribution in [0, 0.1) is 11.6 Å². The van der Waals surface area contributed by atoms with Gasteiger partial charge < -0.3 is 4.74 Å². The van der Waals surface area contributed by atoms with Crippen LogP contribution >= 0.6 is 0 Å². The van der Waals surface area contributed by atoms with Crippen molar-refractivity contribution >= 4 is 17.8 Å². The zero-order valence-corrected chi connectivity index (χ0v) is 12.4. The predicted molar refractivity (Wildman–Crippen MR) is 76.1 cm³/mol. The number of carbonyl (C=O) groups is 3. The van der Waals surface area contributed by atoms with Crippen molar-refractivity contribution in [2.75, 3.05) is 7.11 Å². The molecule has 0 saturated heterocycles. The van der Waals surface area contributed by atoms with Gasteiger partial charge in [0, 0.05) is 11.8 Å². The number of halogens is 2. The molecule has 122 valence electrons. The predicted octanol–water partition coefficient (Wildman–Crippen LogP) is 1.94. The Hall–Kier alpha value is -3.16. The molecule has 3 rings (SSSR count). The average Bonchev–Trinajstić information content (AvgIpc) is 2.82. The Balaban J connectivity index is 1.93. The number of ether oxygens (including phenoxy) is 1. The summed E-state index contributed by atoms with van der Waals surface area (Å²) in [5, 5.41) is 0. The first-order valence-corrected chi connectivity index (χ1v) is 6.81. The summed E-state index contributed by atoms with van der Waals surface area (Å²) < 4.78 is 32.4. The van der Waals surface area contributed by atoms with Crippen LogP contribution in [0.25, 0.3) is 0 Å². The number of rotatable bonds is 3. The van der Waals surface area contributed by atoms with E-state index in [0.29, 0.717) is 6.07 Å². The first-order chi connectivity index (χ1) is 11.4. The second-order valence-corrected chi connectivity index (χ2v) is 5.01. The fraction of sp³-hybridized carbons (Fsp3) is 0.125. The van der Waals surface area contributed by atoms with Crippen molar-refractivity contribution in [3.05, 3.63) is 64.5 Å². The van der Waals surface area contributed by atoms with Crippen molar-refractivity contribution in [3.8, 4) is 0 Å². The van der Waals surface area contributed by atoms with Gasteiger partial charge in [0.15, 0.2) is 0 Å². The van der Waals surface area contributed by atoms with E-state index < -0.39 is 41.5 Å². The van der Waals surface area contributed by atoms with Gasteiger partial charge in [-0.2, -0.15) is 0 Å². The zero-order chi connectivity index (χ0) is 17.4. The van der Waals surface area contributed by atoms with Crippen LogP contribution in [0.15, 0.2) is 30.5 Å². The van der Waals surface area contributed by atoms with E-state index in [1.165, 1.54) is 18.3 Å². The van der Waals surface area contributed by atoms with Crippen LogP contribution in [-0.4, -0.2) is 34.8 Å². The molecule has 8 heteroatoms. The number of carbonyl (C=O) groups excluding carboxylic acids is 3. The van der Waals surface area contributed by atoms with Crippen molar-refractivity contribution in [2.24, 2.45) is 0 Å². The highest BCUT2D eigenvalue weighted by Crippen LogP contribution is 2.24. The van der Waals surface area contributed by atoms with Crippen LogP contribution in [0.2, 0.25) is 0 Å². The number of imide groups is 1. The first kappa shape index (κ1) is 15.7. The first-order valence-electron chi connectivity index (χ1n) is 6.81. The van der Waals surface area contributed by atoms with Crippen molar-refractivity contribution < 1.29 is 27.9 Å². The summed E-state index contributed by atoms with van der Waals surface area (Å²) in [6, 6.07) is 4.37. The molecular weight excluding hydrogens is 322 g/mol. The molecular formula is C16H10F2N2O4. The summed E-state index contributed by atoms with van der Waals surface area (Å²) in [5.74, 6) is -4.29. The number of amides is 2. The molecule has 0 radical (unpaired) electrons. The van der Waals surface area contributed by atoms with E-state index >= 15 is 0 Å². The third-order valence-electron chi connectivity index (χ3n) is 3.60. The number of nitrogens with zero attached hydrogens (tertiary/aromatic N) is 2. The molecule has 0 N–H and O–H groups in total. The van der Waals surface area contributed by atoms with Gasteiger partial charge in [-0.25, -0.2) is 13.6 Å². The van der Waals surface area contributed by atoms with Crippen LogP contribution in [-0.2, 0) is 11.3 Å².